The van der Waals surface area contributed by atoms with Gasteiger partial charge in [0.05, 0.1) is 18.9 Å². The van der Waals surface area contributed by atoms with Crippen LogP contribution in [0.4, 0.5) is 16.0 Å². The fourth-order valence-corrected chi connectivity index (χ4v) is 4.18. The molecule has 2 aliphatic rings. The number of morpholine rings is 1. The second kappa shape index (κ2) is 9.14. The van der Waals surface area contributed by atoms with Gasteiger partial charge in [0.2, 0.25) is 0 Å². The lowest BCUT2D eigenvalue weighted by Crippen LogP contribution is -2.49. The van der Waals surface area contributed by atoms with Crippen molar-refractivity contribution >= 4 is 17.5 Å². The Morgan fingerprint density at radius 1 is 0.879 bits per heavy atom. The molecule has 2 saturated heterocycles. The molecule has 3 aromatic rings. The number of piperazine rings is 1. The number of anilines is 2. The van der Waals surface area contributed by atoms with Crippen molar-refractivity contribution in [3.05, 3.63) is 54.0 Å². The van der Waals surface area contributed by atoms with Gasteiger partial charge in [-0.2, -0.15) is 5.10 Å². The van der Waals surface area contributed by atoms with E-state index in [4.69, 9.17) is 4.74 Å². The second-order valence-electron chi connectivity index (χ2n) is 8.17. The molecule has 0 unspecified atom stereocenters. The molecule has 0 N–H and O–H groups in total. The van der Waals surface area contributed by atoms with Crippen molar-refractivity contribution < 1.29 is 13.9 Å². The number of carbonyl (C=O) groups excluding carboxylic acids is 1. The SMILES string of the molecule is Cn1nc(-c2ccc(F)cc2)cc1C(=O)N1CCN(c2ccc(N3CCOCC3)nn2)CC1. The average molecular weight is 452 g/mol. The van der Waals surface area contributed by atoms with Crippen LogP contribution in [-0.2, 0) is 11.8 Å². The summed E-state index contributed by atoms with van der Waals surface area (Å²) >= 11 is 0. The maximum atomic E-state index is 13.2. The lowest BCUT2D eigenvalue weighted by molar-refractivity contribution is 0.0735. The van der Waals surface area contributed by atoms with Gasteiger partial charge in [0.25, 0.3) is 5.91 Å². The molecule has 0 bridgehead atoms. The molecule has 9 nitrogen and oxygen atoms in total. The lowest BCUT2D eigenvalue weighted by Gasteiger charge is -2.35. The molecule has 2 aromatic heterocycles. The molecule has 4 heterocycles. The van der Waals surface area contributed by atoms with Crippen LogP contribution in [0.15, 0.2) is 42.5 Å². The number of aryl methyl sites for hydroxylation is 1. The highest BCUT2D eigenvalue weighted by atomic mass is 19.1. The summed E-state index contributed by atoms with van der Waals surface area (Å²) in [4.78, 5) is 19.3. The largest absolute Gasteiger partial charge is 0.378 e. The Bertz CT molecular complexity index is 1100. The topological polar surface area (TPSA) is 79.6 Å². The quantitative estimate of drug-likeness (QED) is 0.599. The van der Waals surface area contributed by atoms with Gasteiger partial charge in [0.1, 0.15) is 11.5 Å². The first kappa shape index (κ1) is 21.3. The summed E-state index contributed by atoms with van der Waals surface area (Å²) in [6.45, 7) is 5.60. The van der Waals surface area contributed by atoms with E-state index in [9.17, 15) is 9.18 Å². The number of carbonyl (C=O) groups is 1. The molecule has 2 fully saturated rings. The highest BCUT2D eigenvalue weighted by molar-refractivity contribution is 5.94. The van der Waals surface area contributed by atoms with Gasteiger partial charge in [0, 0.05) is 51.9 Å². The number of benzene rings is 1. The first-order chi connectivity index (χ1) is 16.1. The number of halogens is 1. The van der Waals surface area contributed by atoms with Crippen molar-refractivity contribution in [3.8, 4) is 11.3 Å². The van der Waals surface area contributed by atoms with Crippen LogP contribution in [0.1, 0.15) is 10.5 Å². The van der Waals surface area contributed by atoms with Crippen LogP contribution in [0.25, 0.3) is 11.3 Å². The lowest BCUT2D eigenvalue weighted by atomic mass is 10.1. The molecule has 1 aromatic carbocycles. The van der Waals surface area contributed by atoms with Crippen LogP contribution in [0.2, 0.25) is 0 Å². The molecule has 33 heavy (non-hydrogen) atoms. The fraction of sp³-hybridized carbons (Fsp3) is 0.391. The van der Waals surface area contributed by atoms with Gasteiger partial charge < -0.3 is 19.4 Å². The van der Waals surface area contributed by atoms with Crippen molar-refractivity contribution in [2.24, 2.45) is 7.05 Å². The highest BCUT2D eigenvalue weighted by Crippen LogP contribution is 2.22. The molecule has 0 aliphatic carbocycles. The summed E-state index contributed by atoms with van der Waals surface area (Å²) < 4.78 is 20.2. The number of rotatable bonds is 4. The molecule has 5 rings (SSSR count). The van der Waals surface area contributed by atoms with Crippen LogP contribution in [0.3, 0.4) is 0 Å². The van der Waals surface area contributed by atoms with Gasteiger partial charge in [-0.1, -0.05) is 0 Å². The smallest absolute Gasteiger partial charge is 0.272 e. The van der Waals surface area contributed by atoms with Gasteiger partial charge in [0.15, 0.2) is 11.6 Å². The third-order valence-electron chi connectivity index (χ3n) is 6.10. The summed E-state index contributed by atoms with van der Waals surface area (Å²) in [6, 6.07) is 11.9. The van der Waals surface area contributed by atoms with Crippen molar-refractivity contribution in [2.45, 2.75) is 0 Å². The monoisotopic (exact) mass is 451 g/mol. The van der Waals surface area contributed by atoms with Gasteiger partial charge >= 0.3 is 0 Å². The van der Waals surface area contributed by atoms with E-state index in [0.717, 1.165) is 30.3 Å². The van der Waals surface area contributed by atoms with Gasteiger partial charge in [-0.05, 0) is 42.5 Å². The van der Waals surface area contributed by atoms with Crippen LogP contribution >= 0.6 is 0 Å². The van der Waals surface area contributed by atoms with Crippen LogP contribution in [-0.4, -0.2) is 83.3 Å². The van der Waals surface area contributed by atoms with E-state index in [1.165, 1.54) is 12.1 Å². The van der Waals surface area contributed by atoms with Crippen LogP contribution in [0.5, 0.6) is 0 Å². The predicted octanol–water partition coefficient (Wildman–Crippen LogP) is 1.82. The third kappa shape index (κ3) is 4.51. The van der Waals surface area contributed by atoms with Crippen molar-refractivity contribution in [2.75, 3.05) is 62.3 Å². The van der Waals surface area contributed by atoms with E-state index in [0.29, 0.717) is 50.8 Å². The van der Waals surface area contributed by atoms with Gasteiger partial charge in [-0.25, -0.2) is 4.39 Å². The minimum atomic E-state index is -0.302. The standard InChI is InChI=1S/C23H26FN7O2/c1-28-20(16-19(27-28)17-2-4-18(24)5-3-17)23(32)31-10-8-29(9-11-31)21-6-7-22(26-25-21)30-12-14-33-15-13-30/h2-7,16H,8-15H2,1H3. The van der Waals surface area contributed by atoms with E-state index >= 15 is 0 Å². The van der Waals surface area contributed by atoms with Crippen molar-refractivity contribution in [3.63, 3.8) is 0 Å². The number of hydrogen-bond donors (Lipinski definition) is 0. The minimum Gasteiger partial charge on any atom is -0.378 e. The summed E-state index contributed by atoms with van der Waals surface area (Å²) in [5.74, 6) is 1.32. The number of ether oxygens (including phenoxy) is 1. The van der Waals surface area contributed by atoms with Crippen molar-refractivity contribution in [1.82, 2.24) is 24.9 Å². The van der Waals surface area contributed by atoms with E-state index in [1.54, 1.807) is 29.9 Å². The Kier molecular flexibility index (Phi) is 5.91. The third-order valence-corrected chi connectivity index (χ3v) is 6.10. The molecular weight excluding hydrogens is 425 g/mol. The Balaban J connectivity index is 1.21. The highest BCUT2D eigenvalue weighted by Gasteiger charge is 2.26. The first-order valence-electron chi connectivity index (χ1n) is 11.1. The summed E-state index contributed by atoms with van der Waals surface area (Å²) in [6.07, 6.45) is 0. The molecule has 0 radical (unpaired) electrons. The number of hydrogen-bond acceptors (Lipinski definition) is 7. The normalized spacial score (nSPS) is 16.8. The minimum absolute atomic E-state index is 0.0632. The zero-order valence-corrected chi connectivity index (χ0v) is 18.5. The maximum absolute atomic E-state index is 13.2. The van der Waals surface area contributed by atoms with Crippen LogP contribution in [0, 0.1) is 5.82 Å². The Morgan fingerprint density at radius 2 is 1.48 bits per heavy atom. The summed E-state index contributed by atoms with van der Waals surface area (Å²) in [5, 5.41) is 13.2. The predicted molar refractivity (Wildman–Crippen MR) is 122 cm³/mol. The van der Waals surface area contributed by atoms with E-state index in [2.05, 4.69) is 25.1 Å². The Hall–Kier alpha value is -3.53. The molecule has 10 heteroatoms. The summed E-state index contributed by atoms with van der Waals surface area (Å²) in [7, 11) is 1.75. The molecule has 2 aliphatic heterocycles. The van der Waals surface area contributed by atoms with E-state index in [-0.39, 0.29) is 11.7 Å². The molecule has 1 amide bonds. The molecule has 0 saturated carbocycles. The Labute approximate surface area is 191 Å². The van der Waals surface area contributed by atoms with Crippen LogP contribution < -0.4 is 9.80 Å². The number of aromatic nitrogens is 4. The number of amides is 1. The fourth-order valence-electron chi connectivity index (χ4n) is 4.18. The molecule has 172 valence electrons. The zero-order chi connectivity index (χ0) is 22.8. The number of nitrogens with zero attached hydrogens (tertiary/aromatic N) is 7. The maximum Gasteiger partial charge on any atom is 0.272 e. The van der Waals surface area contributed by atoms with E-state index in [1.807, 2.05) is 17.0 Å². The summed E-state index contributed by atoms with van der Waals surface area (Å²) in [5.41, 5.74) is 1.93. The zero-order valence-electron chi connectivity index (χ0n) is 18.5. The average Bonchev–Trinajstić information content (AvgIpc) is 3.26. The first-order valence-corrected chi connectivity index (χ1v) is 11.1. The van der Waals surface area contributed by atoms with Gasteiger partial charge in [-0.15, -0.1) is 10.2 Å². The Morgan fingerprint density at radius 3 is 2.09 bits per heavy atom. The van der Waals surface area contributed by atoms with E-state index < -0.39 is 0 Å². The van der Waals surface area contributed by atoms with Gasteiger partial charge in [-0.3, -0.25) is 9.48 Å². The van der Waals surface area contributed by atoms with Crippen molar-refractivity contribution in [1.29, 1.82) is 0 Å². The molecule has 0 spiro atoms. The molecule has 0 atom stereocenters. The second-order valence-corrected chi connectivity index (χ2v) is 8.17. The molecular formula is C23H26FN7O2.